The molecule has 0 fully saturated rings. The van der Waals surface area contributed by atoms with Gasteiger partial charge in [-0.1, -0.05) is 25.1 Å². The van der Waals surface area contributed by atoms with Crippen molar-refractivity contribution in [2.45, 2.75) is 11.8 Å². The minimum Gasteiger partial charge on any atom is -0.396 e. The Kier molecular flexibility index (Phi) is 6.58. The third-order valence-electron chi connectivity index (χ3n) is 2.61. The van der Waals surface area contributed by atoms with Gasteiger partial charge in [0.25, 0.3) is 0 Å². The fourth-order valence-electron chi connectivity index (χ4n) is 1.31. The van der Waals surface area contributed by atoms with Crippen LogP contribution >= 0.6 is 11.8 Å². The van der Waals surface area contributed by atoms with E-state index in [1.54, 1.807) is 11.8 Å². The quantitative estimate of drug-likeness (QED) is 0.485. The van der Waals surface area contributed by atoms with Gasteiger partial charge < -0.3 is 15.5 Å². The lowest BCUT2D eigenvalue weighted by Gasteiger charge is -2.24. The summed E-state index contributed by atoms with van der Waals surface area (Å²) in [6, 6.07) is 10.3. The molecular weight excluding hydrogens is 234 g/mol. The summed E-state index contributed by atoms with van der Waals surface area (Å²) in [5, 5.41) is 21.5. The van der Waals surface area contributed by atoms with Crippen LogP contribution in [0.4, 0.5) is 0 Å². The Bertz CT molecular complexity index is 302. The number of thioether (sulfide) groups is 1. The Labute approximate surface area is 107 Å². The van der Waals surface area contributed by atoms with E-state index in [0.29, 0.717) is 6.54 Å². The Morgan fingerprint density at radius 2 is 1.82 bits per heavy atom. The van der Waals surface area contributed by atoms with Gasteiger partial charge >= 0.3 is 0 Å². The second-order valence-electron chi connectivity index (χ2n) is 4.47. The molecule has 1 aromatic carbocycles. The number of hydrogen-bond donors (Lipinski definition) is 3. The molecule has 0 saturated carbocycles. The normalized spacial score (nSPS) is 11.7. The molecule has 3 N–H and O–H groups in total. The molecule has 0 aliphatic rings. The lowest BCUT2D eigenvalue weighted by molar-refractivity contribution is 0.0703. The van der Waals surface area contributed by atoms with Crippen molar-refractivity contribution in [3.05, 3.63) is 30.3 Å². The minimum atomic E-state index is -0.419. The third-order valence-corrected chi connectivity index (χ3v) is 3.62. The lowest BCUT2D eigenvalue weighted by atomic mass is 9.93. The first-order chi connectivity index (χ1) is 8.20. The average Bonchev–Trinajstić information content (AvgIpc) is 2.39. The molecule has 0 bridgehead atoms. The van der Waals surface area contributed by atoms with E-state index in [1.165, 1.54) is 4.90 Å². The van der Waals surface area contributed by atoms with Crippen LogP contribution in [0.25, 0.3) is 0 Å². The van der Waals surface area contributed by atoms with Gasteiger partial charge in [-0.25, -0.2) is 0 Å². The van der Waals surface area contributed by atoms with Crippen LogP contribution in [0.1, 0.15) is 6.92 Å². The van der Waals surface area contributed by atoms with Gasteiger partial charge in [-0.3, -0.25) is 0 Å². The summed E-state index contributed by atoms with van der Waals surface area (Å²) in [6.45, 7) is 3.37. The van der Waals surface area contributed by atoms with E-state index in [1.807, 2.05) is 25.1 Å². The van der Waals surface area contributed by atoms with Crippen molar-refractivity contribution < 1.29 is 10.2 Å². The van der Waals surface area contributed by atoms with E-state index in [4.69, 9.17) is 10.2 Å². The summed E-state index contributed by atoms with van der Waals surface area (Å²) in [4.78, 5) is 1.27. The first kappa shape index (κ1) is 14.5. The third kappa shape index (κ3) is 5.55. The number of benzene rings is 1. The molecule has 1 rings (SSSR count). The molecule has 0 radical (unpaired) electrons. The number of aliphatic hydroxyl groups is 2. The van der Waals surface area contributed by atoms with E-state index in [0.717, 1.165) is 12.3 Å². The van der Waals surface area contributed by atoms with Crippen LogP contribution in [0.5, 0.6) is 0 Å². The zero-order valence-electron chi connectivity index (χ0n) is 10.2. The zero-order valence-corrected chi connectivity index (χ0v) is 11.0. The molecule has 0 spiro atoms. The number of nitrogens with one attached hydrogen (secondary N) is 1. The standard InChI is InChI=1S/C13H21NO2S/c1-13(10-15,11-16)9-14-7-8-17-12-5-3-2-4-6-12/h2-6,14-16H,7-11H2,1H3. The molecule has 0 unspecified atom stereocenters. The van der Waals surface area contributed by atoms with Gasteiger partial charge in [0.2, 0.25) is 0 Å². The van der Waals surface area contributed by atoms with Crippen molar-refractivity contribution in [1.29, 1.82) is 0 Å². The predicted molar refractivity (Wildman–Crippen MR) is 72.3 cm³/mol. The van der Waals surface area contributed by atoms with Crippen molar-refractivity contribution in [3.63, 3.8) is 0 Å². The molecule has 0 amide bonds. The Balaban J connectivity index is 2.13. The van der Waals surface area contributed by atoms with Gasteiger partial charge in [0.15, 0.2) is 0 Å². The van der Waals surface area contributed by atoms with Crippen molar-refractivity contribution in [2.24, 2.45) is 5.41 Å². The zero-order chi connectivity index (χ0) is 12.6. The first-order valence-electron chi connectivity index (χ1n) is 5.80. The van der Waals surface area contributed by atoms with E-state index >= 15 is 0 Å². The summed E-state index contributed by atoms with van der Waals surface area (Å²) in [6.07, 6.45) is 0. The maximum absolute atomic E-state index is 9.11. The summed E-state index contributed by atoms with van der Waals surface area (Å²) < 4.78 is 0. The van der Waals surface area contributed by atoms with Crippen LogP contribution in [-0.2, 0) is 0 Å². The maximum Gasteiger partial charge on any atom is 0.0518 e. The predicted octanol–water partition coefficient (Wildman–Crippen LogP) is 1.36. The average molecular weight is 255 g/mol. The highest BCUT2D eigenvalue weighted by Gasteiger charge is 2.21. The van der Waals surface area contributed by atoms with Crippen LogP contribution < -0.4 is 5.32 Å². The van der Waals surface area contributed by atoms with Gasteiger partial charge in [-0.2, -0.15) is 0 Å². The van der Waals surface area contributed by atoms with E-state index < -0.39 is 5.41 Å². The Hall–Kier alpha value is -0.550. The SMILES string of the molecule is CC(CO)(CO)CNCCSc1ccccc1. The van der Waals surface area contributed by atoms with Gasteiger partial charge in [-0.15, -0.1) is 11.8 Å². The number of hydrogen-bond acceptors (Lipinski definition) is 4. The lowest BCUT2D eigenvalue weighted by Crippen LogP contribution is -2.38. The van der Waals surface area contributed by atoms with Crippen LogP contribution in [0.3, 0.4) is 0 Å². The molecule has 0 aromatic heterocycles. The molecule has 1 aromatic rings. The van der Waals surface area contributed by atoms with Gasteiger partial charge in [0, 0.05) is 29.2 Å². The first-order valence-corrected chi connectivity index (χ1v) is 6.79. The van der Waals surface area contributed by atoms with E-state index in [9.17, 15) is 0 Å². The molecule has 96 valence electrons. The van der Waals surface area contributed by atoms with Crippen LogP contribution in [-0.4, -0.2) is 42.3 Å². The van der Waals surface area contributed by atoms with Crippen molar-refractivity contribution >= 4 is 11.8 Å². The molecule has 0 saturated heterocycles. The van der Waals surface area contributed by atoms with Gasteiger partial charge in [-0.05, 0) is 12.1 Å². The monoisotopic (exact) mass is 255 g/mol. The molecule has 0 aliphatic carbocycles. The summed E-state index contributed by atoms with van der Waals surface area (Å²) in [7, 11) is 0. The summed E-state index contributed by atoms with van der Waals surface area (Å²) >= 11 is 1.80. The Morgan fingerprint density at radius 1 is 1.18 bits per heavy atom. The highest BCUT2D eigenvalue weighted by molar-refractivity contribution is 7.99. The van der Waals surface area contributed by atoms with Crippen molar-refractivity contribution in [2.75, 3.05) is 32.1 Å². The number of aliphatic hydroxyl groups excluding tert-OH is 2. The van der Waals surface area contributed by atoms with Gasteiger partial charge in [0.1, 0.15) is 0 Å². The molecular formula is C13H21NO2S. The largest absolute Gasteiger partial charge is 0.396 e. The van der Waals surface area contributed by atoms with Crippen molar-refractivity contribution in [1.82, 2.24) is 5.32 Å². The second-order valence-corrected chi connectivity index (χ2v) is 5.63. The molecule has 0 atom stereocenters. The van der Waals surface area contributed by atoms with Crippen molar-refractivity contribution in [3.8, 4) is 0 Å². The highest BCUT2D eigenvalue weighted by Crippen LogP contribution is 2.16. The summed E-state index contributed by atoms with van der Waals surface area (Å²) in [5.74, 6) is 0.983. The molecule has 3 nitrogen and oxygen atoms in total. The van der Waals surface area contributed by atoms with Crippen LogP contribution in [0.15, 0.2) is 35.2 Å². The maximum atomic E-state index is 9.11. The Morgan fingerprint density at radius 3 is 2.41 bits per heavy atom. The van der Waals surface area contributed by atoms with E-state index in [2.05, 4.69) is 17.4 Å². The molecule has 0 heterocycles. The fourth-order valence-corrected chi connectivity index (χ4v) is 2.14. The molecule has 17 heavy (non-hydrogen) atoms. The van der Waals surface area contributed by atoms with E-state index in [-0.39, 0.29) is 13.2 Å². The summed E-state index contributed by atoms with van der Waals surface area (Å²) in [5.41, 5.74) is -0.419. The van der Waals surface area contributed by atoms with Crippen LogP contribution in [0, 0.1) is 5.41 Å². The molecule has 4 heteroatoms. The second kappa shape index (κ2) is 7.71. The smallest absolute Gasteiger partial charge is 0.0518 e. The molecule has 0 aliphatic heterocycles. The minimum absolute atomic E-state index is 0.00231. The van der Waals surface area contributed by atoms with Gasteiger partial charge in [0.05, 0.1) is 13.2 Å². The van der Waals surface area contributed by atoms with Crippen LogP contribution in [0.2, 0.25) is 0 Å². The topological polar surface area (TPSA) is 52.5 Å². The number of rotatable bonds is 8. The fraction of sp³-hybridized carbons (Fsp3) is 0.538. The highest BCUT2D eigenvalue weighted by atomic mass is 32.2.